The van der Waals surface area contributed by atoms with E-state index in [1.54, 1.807) is 11.8 Å². The first kappa shape index (κ1) is 12.5. The van der Waals surface area contributed by atoms with Crippen molar-refractivity contribution in [2.24, 2.45) is 0 Å². The van der Waals surface area contributed by atoms with E-state index in [1.165, 1.54) is 12.8 Å². The number of thioether (sulfide) groups is 1. The lowest BCUT2D eigenvalue weighted by molar-refractivity contribution is 0.587. The summed E-state index contributed by atoms with van der Waals surface area (Å²) in [7, 11) is 0. The van der Waals surface area contributed by atoms with Crippen LogP contribution in [0.25, 0.3) is 11.0 Å². The van der Waals surface area contributed by atoms with Gasteiger partial charge in [-0.1, -0.05) is 23.9 Å². The molecule has 0 bridgehead atoms. The molecule has 1 heterocycles. The van der Waals surface area contributed by atoms with Gasteiger partial charge in [-0.2, -0.15) is 5.26 Å². The van der Waals surface area contributed by atoms with Crippen LogP contribution < -0.4 is 5.32 Å². The Hall–Kier alpha value is -1.51. The highest BCUT2D eigenvalue weighted by atomic mass is 32.2. The van der Waals surface area contributed by atoms with Gasteiger partial charge in [0.15, 0.2) is 5.16 Å². The Bertz CT molecular complexity index is 564. The third kappa shape index (κ3) is 3.28. The SMILES string of the molecule is N#CC(CCSc1nc2ccccc2[nH]1)NC1CC1. The van der Waals surface area contributed by atoms with Crippen LogP contribution in [0.5, 0.6) is 0 Å². The second-order valence-electron chi connectivity index (χ2n) is 4.82. The molecular formula is C14H16N4S. The molecule has 2 aromatic rings. The minimum atomic E-state index is -0.0237. The molecule has 1 fully saturated rings. The van der Waals surface area contributed by atoms with Gasteiger partial charge in [-0.15, -0.1) is 0 Å². The Morgan fingerprint density at radius 3 is 3.05 bits per heavy atom. The van der Waals surface area contributed by atoms with Gasteiger partial charge in [0, 0.05) is 11.8 Å². The summed E-state index contributed by atoms with van der Waals surface area (Å²) in [5.41, 5.74) is 2.07. The molecule has 5 heteroatoms. The standard InChI is InChI=1S/C14H16N4S/c15-9-11(16-10-5-6-10)7-8-19-14-17-12-3-1-2-4-13(12)18-14/h1-4,10-11,16H,5-8H2,(H,17,18). The van der Waals surface area contributed by atoms with Crippen LogP contribution in [0.15, 0.2) is 29.4 Å². The lowest BCUT2D eigenvalue weighted by atomic mass is 10.2. The van der Waals surface area contributed by atoms with E-state index in [0.29, 0.717) is 6.04 Å². The first-order valence-electron chi connectivity index (χ1n) is 6.58. The van der Waals surface area contributed by atoms with Gasteiger partial charge in [-0.25, -0.2) is 4.98 Å². The molecule has 19 heavy (non-hydrogen) atoms. The van der Waals surface area contributed by atoms with Crippen LogP contribution in [0, 0.1) is 11.3 Å². The number of hydrogen-bond acceptors (Lipinski definition) is 4. The first-order chi connectivity index (χ1) is 9.35. The van der Waals surface area contributed by atoms with E-state index in [-0.39, 0.29) is 6.04 Å². The highest BCUT2D eigenvalue weighted by molar-refractivity contribution is 7.99. The minimum absolute atomic E-state index is 0.0237. The molecule has 1 saturated carbocycles. The summed E-state index contributed by atoms with van der Waals surface area (Å²) in [6.07, 6.45) is 3.29. The quantitative estimate of drug-likeness (QED) is 0.794. The van der Waals surface area contributed by atoms with Crippen molar-refractivity contribution in [2.45, 2.75) is 36.5 Å². The number of aromatic nitrogens is 2. The van der Waals surface area contributed by atoms with Gasteiger partial charge in [0.1, 0.15) is 0 Å². The van der Waals surface area contributed by atoms with Gasteiger partial charge >= 0.3 is 0 Å². The molecule has 98 valence electrons. The summed E-state index contributed by atoms with van der Waals surface area (Å²) in [6, 6.07) is 10.9. The summed E-state index contributed by atoms with van der Waals surface area (Å²) in [6.45, 7) is 0. The monoisotopic (exact) mass is 272 g/mol. The number of nitrogens with zero attached hydrogens (tertiary/aromatic N) is 2. The number of aromatic amines is 1. The van der Waals surface area contributed by atoms with Crippen molar-refractivity contribution in [3.8, 4) is 6.07 Å². The largest absolute Gasteiger partial charge is 0.333 e. The van der Waals surface area contributed by atoms with Gasteiger partial charge in [0.05, 0.1) is 23.1 Å². The fourth-order valence-corrected chi connectivity index (χ4v) is 2.88. The van der Waals surface area contributed by atoms with Crippen LogP contribution in [0.4, 0.5) is 0 Å². The molecule has 3 rings (SSSR count). The Balaban J connectivity index is 1.52. The zero-order valence-electron chi connectivity index (χ0n) is 10.6. The van der Waals surface area contributed by atoms with E-state index in [0.717, 1.165) is 28.4 Å². The van der Waals surface area contributed by atoms with Gasteiger partial charge in [-0.05, 0) is 31.4 Å². The van der Waals surface area contributed by atoms with E-state index in [4.69, 9.17) is 5.26 Å². The van der Waals surface area contributed by atoms with Gasteiger partial charge in [0.25, 0.3) is 0 Å². The second kappa shape index (κ2) is 5.64. The lowest BCUT2D eigenvalue weighted by Gasteiger charge is -2.09. The molecule has 1 unspecified atom stereocenters. The normalized spacial score (nSPS) is 16.4. The van der Waals surface area contributed by atoms with E-state index >= 15 is 0 Å². The van der Waals surface area contributed by atoms with E-state index in [2.05, 4.69) is 21.4 Å². The predicted octanol–water partition coefficient (Wildman–Crippen LogP) is 2.69. The van der Waals surface area contributed by atoms with Gasteiger partial charge < -0.3 is 4.98 Å². The number of benzene rings is 1. The number of para-hydroxylation sites is 2. The summed E-state index contributed by atoms with van der Waals surface area (Å²) in [5.74, 6) is 0.901. The average molecular weight is 272 g/mol. The van der Waals surface area contributed by atoms with Crippen LogP contribution >= 0.6 is 11.8 Å². The number of imidazole rings is 1. The number of nitrogens with one attached hydrogen (secondary N) is 2. The molecule has 1 aromatic heterocycles. The molecule has 0 spiro atoms. The van der Waals surface area contributed by atoms with Crippen molar-refractivity contribution in [2.75, 3.05) is 5.75 Å². The third-order valence-corrected chi connectivity index (χ3v) is 4.09. The van der Waals surface area contributed by atoms with Crippen molar-refractivity contribution in [3.05, 3.63) is 24.3 Å². The van der Waals surface area contributed by atoms with Crippen molar-refractivity contribution in [1.29, 1.82) is 5.26 Å². The maximum Gasteiger partial charge on any atom is 0.166 e. The number of rotatable bonds is 6. The number of H-pyrrole nitrogens is 1. The number of nitriles is 1. The van der Waals surface area contributed by atoms with Crippen molar-refractivity contribution in [1.82, 2.24) is 15.3 Å². The molecule has 0 radical (unpaired) electrons. The summed E-state index contributed by atoms with van der Waals surface area (Å²) >= 11 is 1.68. The molecule has 1 aromatic carbocycles. The highest BCUT2D eigenvalue weighted by Gasteiger charge is 2.24. The van der Waals surface area contributed by atoms with Crippen molar-refractivity contribution < 1.29 is 0 Å². The van der Waals surface area contributed by atoms with E-state index < -0.39 is 0 Å². The van der Waals surface area contributed by atoms with E-state index in [9.17, 15) is 0 Å². The lowest BCUT2D eigenvalue weighted by Crippen LogP contribution is -2.29. The maximum atomic E-state index is 9.07. The number of fused-ring (bicyclic) bond motifs is 1. The fraction of sp³-hybridized carbons (Fsp3) is 0.429. The van der Waals surface area contributed by atoms with Crippen LogP contribution in [-0.4, -0.2) is 27.8 Å². The maximum absolute atomic E-state index is 9.07. The van der Waals surface area contributed by atoms with Crippen LogP contribution in [0.3, 0.4) is 0 Å². The Labute approximate surface area is 116 Å². The molecule has 0 saturated heterocycles. The van der Waals surface area contributed by atoms with Crippen LogP contribution in [0.2, 0.25) is 0 Å². The Kier molecular flexibility index (Phi) is 3.72. The molecule has 0 aliphatic heterocycles. The molecule has 1 aliphatic rings. The molecule has 4 nitrogen and oxygen atoms in total. The molecule has 1 aliphatic carbocycles. The number of hydrogen-bond donors (Lipinski definition) is 2. The zero-order chi connectivity index (χ0) is 13.1. The molecule has 0 amide bonds. The predicted molar refractivity (Wildman–Crippen MR) is 77.0 cm³/mol. The summed E-state index contributed by atoms with van der Waals surface area (Å²) < 4.78 is 0. The van der Waals surface area contributed by atoms with Crippen LogP contribution in [0.1, 0.15) is 19.3 Å². The van der Waals surface area contributed by atoms with Gasteiger partial charge in [-0.3, -0.25) is 5.32 Å². The highest BCUT2D eigenvalue weighted by Crippen LogP contribution is 2.22. The van der Waals surface area contributed by atoms with Crippen molar-refractivity contribution in [3.63, 3.8) is 0 Å². The first-order valence-corrected chi connectivity index (χ1v) is 7.57. The second-order valence-corrected chi connectivity index (χ2v) is 5.90. The average Bonchev–Trinajstić information content (AvgIpc) is 3.14. The zero-order valence-corrected chi connectivity index (χ0v) is 11.4. The van der Waals surface area contributed by atoms with Crippen molar-refractivity contribution >= 4 is 22.8 Å². The van der Waals surface area contributed by atoms with E-state index in [1.807, 2.05) is 24.3 Å². The molecular weight excluding hydrogens is 256 g/mol. The fourth-order valence-electron chi connectivity index (χ4n) is 1.99. The Morgan fingerprint density at radius 1 is 1.47 bits per heavy atom. The van der Waals surface area contributed by atoms with Gasteiger partial charge in [0.2, 0.25) is 0 Å². The smallest absolute Gasteiger partial charge is 0.166 e. The summed E-state index contributed by atoms with van der Waals surface area (Å²) in [5, 5.41) is 13.4. The summed E-state index contributed by atoms with van der Waals surface area (Å²) in [4.78, 5) is 7.80. The third-order valence-electron chi connectivity index (χ3n) is 3.18. The Morgan fingerprint density at radius 2 is 2.32 bits per heavy atom. The van der Waals surface area contributed by atoms with Crippen LogP contribution in [-0.2, 0) is 0 Å². The topological polar surface area (TPSA) is 64.5 Å². The molecule has 1 atom stereocenters. The minimum Gasteiger partial charge on any atom is -0.333 e. The molecule has 2 N–H and O–H groups in total.